The molecule has 4 aromatic rings. The predicted molar refractivity (Wildman–Crippen MR) is 124 cm³/mol. The lowest BCUT2D eigenvalue weighted by molar-refractivity contribution is -0.194. The van der Waals surface area contributed by atoms with Crippen molar-refractivity contribution in [1.29, 1.82) is 0 Å². The Labute approximate surface area is 205 Å². The van der Waals surface area contributed by atoms with Crippen LogP contribution in [-0.2, 0) is 16.0 Å². The molecule has 0 bridgehead atoms. The third kappa shape index (κ3) is 3.90. The predicted octanol–water partition coefficient (Wildman–Crippen LogP) is 5.59. The Morgan fingerprint density at radius 3 is 2.42 bits per heavy atom. The van der Waals surface area contributed by atoms with Crippen LogP contribution >= 0.6 is 0 Å². The van der Waals surface area contributed by atoms with Gasteiger partial charge >= 0.3 is 6.55 Å². The number of pyridine rings is 1. The molecule has 0 aromatic carbocycles. The van der Waals surface area contributed by atoms with Crippen LogP contribution in [0.1, 0.15) is 43.7 Å². The Balaban J connectivity index is 1.41. The van der Waals surface area contributed by atoms with Crippen molar-refractivity contribution in [1.82, 2.24) is 24.5 Å². The van der Waals surface area contributed by atoms with Gasteiger partial charge in [-0.05, 0) is 32.8 Å². The zero-order valence-corrected chi connectivity index (χ0v) is 20.0. The summed E-state index contributed by atoms with van der Waals surface area (Å²) in [6, 6.07) is 1.92. The lowest BCUT2D eigenvalue weighted by Crippen LogP contribution is -2.43. The van der Waals surface area contributed by atoms with Crippen LogP contribution in [0, 0.1) is 13.8 Å². The zero-order chi connectivity index (χ0) is 25.1. The highest BCUT2D eigenvalue weighted by molar-refractivity contribution is 5.94. The molecule has 0 amide bonds. The van der Waals surface area contributed by atoms with Crippen molar-refractivity contribution in [2.75, 3.05) is 13.2 Å². The van der Waals surface area contributed by atoms with Gasteiger partial charge in [0.2, 0.25) is 0 Å². The number of halogens is 3. The number of aryl methyl sites for hydroxylation is 2. The van der Waals surface area contributed by atoms with Crippen LogP contribution < -0.4 is 0 Å². The standard InChI is InChI=1S/C25H26F3N5O3/c1-15-21(16(2)36-31-15)17-9-20-22(29-10-17)19(18-11-30-33(12-18)23(26)27)13-32(20)14-24(28)3-5-25(6-4-24)34-7-8-35-25/h9-13,23H,3-8,14H2,1-2H3. The zero-order valence-electron chi connectivity index (χ0n) is 20.0. The summed E-state index contributed by atoms with van der Waals surface area (Å²) in [7, 11) is 0. The van der Waals surface area contributed by atoms with Crippen LogP contribution in [0.25, 0.3) is 33.3 Å². The lowest BCUT2D eigenvalue weighted by Gasteiger charge is -2.39. The highest BCUT2D eigenvalue weighted by Crippen LogP contribution is 2.44. The van der Waals surface area contributed by atoms with E-state index in [0.717, 1.165) is 16.8 Å². The summed E-state index contributed by atoms with van der Waals surface area (Å²) in [6.07, 6.45) is 7.68. The molecule has 36 heavy (non-hydrogen) atoms. The summed E-state index contributed by atoms with van der Waals surface area (Å²) in [4.78, 5) is 4.67. The van der Waals surface area contributed by atoms with E-state index in [4.69, 9.17) is 14.0 Å². The van der Waals surface area contributed by atoms with Crippen molar-refractivity contribution >= 4 is 11.0 Å². The van der Waals surface area contributed by atoms with Gasteiger partial charge in [-0.1, -0.05) is 5.16 Å². The molecule has 4 aromatic heterocycles. The molecule has 0 unspecified atom stereocenters. The van der Waals surface area contributed by atoms with Crippen LogP contribution in [0.5, 0.6) is 0 Å². The SMILES string of the molecule is Cc1noc(C)c1-c1cnc2c(-c3cnn(C(F)F)c3)cn(CC3(F)CCC4(CC3)OCCO4)c2c1. The number of rotatable bonds is 5. The molecule has 0 atom stereocenters. The fourth-order valence-electron chi connectivity index (χ4n) is 5.45. The van der Waals surface area contributed by atoms with Crippen LogP contribution in [0.4, 0.5) is 13.2 Å². The van der Waals surface area contributed by atoms with E-state index in [0.29, 0.717) is 71.5 Å². The van der Waals surface area contributed by atoms with Gasteiger partial charge in [0.25, 0.3) is 0 Å². The van der Waals surface area contributed by atoms with Crippen molar-refractivity contribution < 1.29 is 27.2 Å². The van der Waals surface area contributed by atoms with Crippen molar-refractivity contribution in [2.45, 2.75) is 64.1 Å². The molecular formula is C25H26F3N5O3. The van der Waals surface area contributed by atoms with Gasteiger partial charge in [-0.3, -0.25) is 4.98 Å². The highest BCUT2D eigenvalue weighted by Gasteiger charge is 2.47. The Morgan fingerprint density at radius 1 is 1.03 bits per heavy atom. The summed E-state index contributed by atoms with van der Waals surface area (Å²) in [5.41, 5.74) is 3.23. The van der Waals surface area contributed by atoms with Crippen LogP contribution in [0.15, 0.2) is 35.4 Å². The number of fused-ring (bicyclic) bond motifs is 1. The maximum atomic E-state index is 16.2. The molecule has 0 radical (unpaired) electrons. The topological polar surface area (TPSA) is 80.1 Å². The molecule has 6 rings (SSSR count). The van der Waals surface area contributed by atoms with Crippen molar-refractivity contribution in [3.8, 4) is 22.3 Å². The van der Waals surface area contributed by atoms with E-state index < -0.39 is 18.0 Å². The normalized spacial score (nSPS) is 19.2. The first-order valence-corrected chi connectivity index (χ1v) is 12.0. The smallest absolute Gasteiger partial charge is 0.333 e. The third-order valence-electron chi connectivity index (χ3n) is 7.33. The molecule has 2 fully saturated rings. The number of nitrogens with zero attached hydrogens (tertiary/aromatic N) is 5. The van der Waals surface area contributed by atoms with E-state index >= 15 is 4.39 Å². The average molecular weight is 502 g/mol. The molecule has 1 aliphatic carbocycles. The van der Waals surface area contributed by atoms with Gasteiger partial charge in [0.05, 0.1) is 42.7 Å². The number of alkyl halides is 3. The van der Waals surface area contributed by atoms with Crippen LogP contribution in [0.2, 0.25) is 0 Å². The second-order valence-electron chi connectivity index (χ2n) is 9.71. The van der Waals surface area contributed by atoms with Crippen LogP contribution in [0.3, 0.4) is 0 Å². The van der Waals surface area contributed by atoms with Crippen molar-refractivity contribution in [2.24, 2.45) is 0 Å². The molecule has 1 saturated carbocycles. The van der Waals surface area contributed by atoms with E-state index in [2.05, 4.69) is 15.2 Å². The molecule has 1 saturated heterocycles. The molecule has 190 valence electrons. The molecular weight excluding hydrogens is 475 g/mol. The van der Waals surface area contributed by atoms with Gasteiger partial charge in [-0.15, -0.1) is 0 Å². The number of aromatic nitrogens is 5. The van der Waals surface area contributed by atoms with Gasteiger partial charge < -0.3 is 18.6 Å². The molecule has 2 aliphatic rings. The van der Waals surface area contributed by atoms with E-state index in [9.17, 15) is 8.78 Å². The van der Waals surface area contributed by atoms with E-state index in [1.54, 1.807) is 12.4 Å². The fraction of sp³-hybridized carbons (Fsp3) is 0.480. The largest absolute Gasteiger partial charge is 0.361 e. The molecule has 0 N–H and O–H groups in total. The summed E-state index contributed by atoms with van der Waals surface area (Å²) in [5, 5.41) is 7.80. The van der Waals surface area contributed by atoms with E-state index in [-0.39, 0.29) is 6.54 Å². The summed E-state index contributed by atoms with van der Waals surface area (Å²) < 4.78 is 61.8. The van der Waals surface area contributed by atoms with Gasteiger partial charge in [-0.2, -0.15) is 13.9 Å². The van der Waals surface area contributed by atoms with Gasteiger partial charge in [0, 0.05) is 53.7 Å². The Bertz CT molecular complexity index is 1390. The molecule has 11 heteroatoms. The highest BCUT2D eigenvalue weighted by atomic mass is 19.3. The summed E-state index contributed by atoms with van der Waals surface area (Å²) >= 11 is 0. The first-order chi connectivity index (χ1) is 17.3. The second-order valence-corrected chi connectivity index (χ2v) is 9.71. The number of ether oxygens (including phenoxy) is 2. The van der Waals surface area contributed by atoms with Gasteiger partial charge in [-0.25, -0.2) is 9.07 Å². The number of hydrogen-bond donors (Lipinski definition) is 0. The first-order valence-electron chi connectivity index (χ1n) is 12.0. The minimum atomic E-state index is -2.75. The van der Waals surface area contributed by atoms with Gasteiger partial charge in [0.15, 0.2) is 5.79 Å². The molecule has 5 heterocycles. The Hall–Kier alpha value is -3.18. The average Bonchev–Trinajstić information content (AvgIpc) is 3.64. The molecule has 8 nitrogen and oxygen atoms in total. The monoisotopic (exact) mass is 501 g/mol. The quantitative estimate of drug-likeness (QED) is 0.355. The van der Waals surface area contributed by atoms with E-state index in [1.165, 1.54) is 12.4 Å². The third-order valence-corrected chi connectivity index (χ3v) is 7.33. The van der Waals surface area contributed by atoms with Crippen molar-refractivity contribution in [3.05, 3.63) is 42.3 Å². The minimum absolute atomic E-state index is 0.0926. The Morgan fingerprint density at radius 2 is 1.78 bits per heavy atom. The summed E-state index contributed by atoms with van der Waals surface area (Å²) in [5.74, 6) is -0.0113. The Kier molecular flexibility index (Phi) is 5.45. The lowest BCUT2D eigenvalue weighted by atomic mass is 9.82. The molecule has 1 spiro atoms. The number of hydrogen-bond acceptors (Lipinski definition) is 6. The second kappa shape index (κ2) is 8.45. The molecule has 1 aliphatic heterocycles. The van der Waals surface area contributed by atoms with Crippen molar-refractivity contribution in [3.63, 3.8) is 0 Å². The minimum Gasteiger partial charge on any atom is -0.361 e. The fourth-order valence-corrected chi connectivity index (χ4v) is 5.45. The van der Waals surface area contributed by atoms with E-state index in [1.807, 2.05) is 24.5 Å². The van der Waals surface area contributed by atoms with Gasteiger partial charge in [0.1, 0.15) is 11.4 Å². The first kappa shape index (κ1) is 23.2. The summed E-state index contributed by atoms with van der Waals surface area (Å²) in [6.45, 7) is 2.08. The maximum Gasteiger partial charge on any atom is 0.333 e. The maximum absolute atomic E-state index is 16.2. The van der Waals surface area contributed by atoms with Crippen LogP contribution in [-0.4, -0.2) is 49.2 Å².